The molecule has 4 heteroatoms. The van der Waals surface area contributed by atoms with Crippen LogP contribution in [0.1, 0.15) is 33.6 Å². The second-order valence-electron chi connectivity index (χ2n) is 4.96. The van der Waals surface area contributed by atoms with Crippen LogP contribution in [0.4, 0.5) is 0 Å². The van der Waals surface area contributed by atoms with Gasteiger partial charge in [0.15, 0.2) is 0 Å². The second kappa shape index (κ2) is 6.10. The van der Waals surface area contributed by atoms with E-state index in [9.17, 15) is 4.79 Å². The summed E-state index contributed by atoms with van der Waals surface area (Å²) in [5.41, 5.74) is -1.32. The maximum absolute atomic E-state index is 11.6. The van der Waals surface area contributed by atoms with Gasteiger partial charge < -0.3 is 4.74 Å². The van der Waals surface area contributed by atoms with Crippen LogP contribution in [0.25, 0.3) is 0 Å². The molecule has 0 aliphatic heterocycles. The summed E-state index contributed by atoms with van der Waals surface area (Å²) in [6, 6.07) is 2.16. The van der Waals surface area contributed by atoms with E-state index in [2.05, 4.69) is 6.07 Å². The average molecular weight is 227 g/mol. The predicted molar refractivity (Wildman–Crippen MR) is 68.6 cm³/mol. The molecule has 0 N–H and O–H groups in total. The Morgan fingerprint density at radius 2 is 1.94 bits per heavy atom. The molecule has 0 radical (unpaired) electrons. The Hall–Kier alpha value is -0.963. The van der Waals surface area contributed by atoms with Gasteiger partial charge in [0.25, 0.3) is 0 Å². The van der Waals surface area contributed by atoms with E-state index >= 15 is 0 Å². The predicted octanol–water partition coefficient (Wildman–Crippen LogP) is 2.10. The van der Waals surface area contributed by atoms with E-state index in [0.29, 0.717) is 0 Å². The number of hydrogen-bond donors (Lipinski definition) is 0. The molecule has 0 spiro atoms. The molecule has 3 nitrogen and oxygen atoms in total. The first-order chi connectivity index (χ1) is 7.37. The standard InChI is InChI=1S/C13H17NO2.Li.H/c1-12(2,3)16-11(15)9-13(10-14)7-5-4-6-8-13;;/h5-8H,4,9H2,1-3H3;;. The Labute approximate surface area is 115 Å². The number of allylic oxidation sites excluding steroid dienone is 4. The van der Waals surface area contributed by atoms with Crippen LogP contribution in [0, 0.1) is 16.7 Å². The van der Waals surface area contributed by atoms with Gasteiger partial charge in [-0.25, -0.2) is 0 Å². The van der Waals surface area contributed by atoms with E-state index in [1.165, 1.54) is 0 Å². The summed E-state index contributed by atoms with van der Waals surface area (Å²) in [6.07, 6.45) is 8.24. The van der Waals surface area contributed by atoms with Gasteiger partial charge in [-0.1, -0.05) is 24.3 Å². The Morgan fingerprint density at radius 3 is 2.35 bits per heavy atom. The van der Waals surface area contributed by atoms with E-state index in [1.807, 2.05) is 32.9 Å². The quantitative estimate of drug-likeness (QED) is 0.412. The molecular weight excluding hydrogens is 209 g/mol. The van der Waals surface area contributed by atoms with Crippen LogP contribution < -0.4 is 0 Å². The molecule has 1 aliphatic rings. The van der Waals surface area contributed by atoms with Crippen LogP contribution in [0.2, 0.25) is 0 Å². The van der Waals surface area contributed by atoms with E-state index in [1.54, 1.807) is 12.2 Å². The first kappa shape index (κ1) is 16.0. The third kappa shape index (κ3) is 5.26. The number of hydrogen-bond acceptors (Lipinski definition) is 3. The third-order valence-corrected chi connectivity index (χ3v) is 2.17. The molecule has 0 saturated carbocycles. The number of nitrogens with zero attached hydrogens (tertiary/aromatic N) is 1. The Morgan fingerprint density at radius 1 is 1.41 bits per heavy atom. The SMILES string of the molecule is CC(C)(C)OC(=O)CC1(C#N)C=CCC=C1.[LiH]. The van der Waals surface area contributed by atoms with E-state index in [0.717, 1.165) is 6.42 Å². The summed E-state index contributed by atoms with van der Waals surface area (Å²) in [5.74, 6) is -0.342. The van der Waals surface area contributed by atoms with Crippen LogP contribution in [0.3, 0.4) is 0 Å². The summed E-state index contributed by atoms with van der Waals surface area (Å²) in [7, 11) is 0. The molecule has 0 atom stereocenters. The third-order valence-electron chi connectivity index (χ3n) is 2.17. The Bertz CT molecular complexity index is 360. The zero-order valence-electron chi connectivity index (χ0n) is 9.99. The fraction of sp³-hybridized carbons (Fsp3) is 0.538. The van der Waals surface area contributed by atoms with E-state index in [4.69, 9.17) is 10.00 Å². The molecule has 0 saturated heterocycles. The fourth-order valence-electron chi connectivity index (χ4n) is 1.54. The van der Waals surface area contributed by atoms with Crippen molar-refractivity contribution in [1.29, 1.82) is 5.26 Å². The fourth-order valence-corrected chi connectivity index (χ4v) is 1.54. The number of esters is 1. The van der Waals surface area contributed by atoms with Crippen molar-refractivity contribution in [3.8, 4) is 6.07 Å². The van der Waals surface area contributed by atoms with E-state index in [-0.39, 0.29) is 31.3 Å². The molecule has 0 heterocycles. The number of carbonyl (C=O) groups excluding carboxylic acids is 1. The molecule has 0 fully saturated rings. The molecule has 1 aliphatic carbocycles. The van der Waals surface area contributed by atoms with Gasteiger partial charge in [0.05, 0.1) is 12.5 Å². The summed E-state index contributed by atoms with van der Waals surface area (Å²) in [6.45, 7) is 5.45. The molecule has 0 bridgehead atoms. The first-order valence-electron chi connectivity index (χ1n) is 5.35. The number of rotatable bonds is 2. The summed E-state index contributed by atoms with van der Waals surface area (Å²) in [4.78, 5) is 11.6. The van der Waals surface area contributed by atoms with Crippen LogP contribution in [-0.4, -0.2) is 30.4 Å². The summed E-state index contributed by atoms with van der Waals surface area (Å²) < 4.78 is 5.21. The van der Waals surface area contributed by atoms with Crippen molar-refractivity contribution in [2.45, 2.75) is 39.2 Å². The monoisotopic (exact) mass is 227 g/mol. The van der Waals surface area contributed by atoms with Crippen LogP contribution in [-0.2, 0) is 9.53 Å². The molecule has 0 aromatic rings. The van der Waals surface area contributed by atoms with Crippen molar-refractivity contribution < 1.29 is 9.53 Å². The van der Waals surface area contributed by atoms with Crippen molar-refractivity contribution in [3.63, 3.8) is 0 Å². The van der Waals surface area contributed by atoms with Crippen LogP contribution >= 0.6 is 0 Å². The zero-order valence-corrected chi connectivity index (χ0v) is 9.99. The van der Waals surface area contributed by atoms with Gasteiger partial charge >= 0.3 is 24.8 Å². The second-order valence-corrected chi connectivity index (χ2v) is 4.96. The molecule has 0 amide bonds. The minimum absolute atomic E-state index is 0. The van der Waals surface area contributed by atoms with Gasteiger partial charge in [0.1, 0.15) is 11.0 Å². The molecular formula is C13H18LiNO2. The van der Waals surface area contributed by atoms with Crippen molar-refractivity contribution in [3.05, 3.63) is 24.3 Å². The van der Waals surface area contributed by atoms with Gasteiger partial charge in [0.2, 0.25) is 0 Å². The van der Waals surface area contributed by atoms with Crippen molar-refractivity contribution in [1.82, 2.24) is 0 Å². The minimum atomic E-state index is -0.819. The molecule has 17 heavy (non-hydrogen) atoms. The average Bonchev–Trinajstić information content (AvgIpc) is 2.16. The van der Waals surface area contributed by atoms with Gasteiger partial charge in [0, 0.05) is 0 Å². The van der Waals surface area contributed by atoms with Gasteiger partial charge in [-0.3, -0.25) is 4.79 Å². The molecule has 0 aromatic carbocycles. The number of nitriles is 1. The molecule has 1 rings (SSSR count). The number of carbonyl (C=O) groups is 1. The Balaban J connectivity index is 0.00000256. The van der Waals surface area contributed by atoms with Crippen LogP contribution in [0.15, 0.2) is 24.3 Å². The topological polar surface area (TPSA) is 50.1 Å². The van der Waals surface area contributed by atoms with Crippen molar-refractivity contribution in [2.75, 3.05) is 0 Å². The molecule has 0 aromatic heterocycles. The summed E-state index contributed by atoms with van der Waals surface area (Å²) in [5, 5.41) is 9.13. The van der Waals surface area contributed by atoms with Gasteiger partial charge in [-0.2, -0.15) is 5.26 Å². The zero-order chi connectivity index (χ0) is 12.2. The normalized spacial score (nSPS) is 16.8. The van der Waals surface area contributed by atoms with Gasteiger partial charge in [-0.05, 0) is 27.2 Å². The van der Waals surface area contributed by atoms with Crippen molar-refractivity contribution in [2.24, 2.45) is 5.41 Å². The molecule has 0 unspecified atom stereocenters. The van der Waals surface area contributed by atoms with E-state index < -0.39 is 11.0 Å². The number of ether oxygens (including phenoxy) is 1. The van der Waals surface area contributed by atoms with Crippen molar-refractivity contribution >= 4 is 24.8 Å². The Kier molecular flexibility index (Phi) is 5.76. The maximum atomic E-state index is 11.6. The van der Waals surface area contributed by atoms with Crippen LogP contribution in [0.5, 0.6) is 0 Å². The van der Waals surface area contributed by atoms with Gasteiger partial charge in [-0.15, -0.1) is 0 Å². The first-order valence-corrected chi connectivity index (χ1v) is 5.35. The molecule has 88 valence electrons. The summed E-state index contributed by atoms with van der Waals surface area (Å²) >= 11 is 0.